The highest BCUT2D eigenvalue weighted by Crippen LogP contribution is 2.27. The Bertz CT molecular complexity index is 507. The van der Waals surface area contributed by atoms with Crippen molar-refractivity contribution in [1.29, 1.82) is 0 Å². The minimum Gasteiger partial charge on any atom is -0.395 e. The molecule has 0 aliphatic carbocycles. The molecule has 0 amide bonds. The van der Waals surface area contributed by atoms with Gasteiger partial charge in [0, 0.05) is 12.7 Å². The lowest BCUT2D eigenvalue weighted by Crippen LogP contribution is -2.36. The van der Waals surface area contributed by atoms with Crippen LogP contribution in [0.5, 0.6) is 0 Å². The number of nitrogens with zero attached hydrogens (tertiary/aromatic N) is 2. The number of hydrogen-bond acceptors (Lipinski definition) is 8. The fourth-order valence-corrected chi connectivity index (χ4v) is 2.00. The molecule has 20 heavy (non-hydrogen) atoms. The lowest BCUT2D eigenvalue weighted by Gasteiger charge is -2.17. The number of anilines is 1. The summed E-state index contributed by atoms with van der Waals surface area (Å²) in [6.07, 6.45) is -3.30. The van der Waals surface area contributed by atoms with Crippen LogP contribution in [0.4, 0.5) is 5.82 Å². The predicted octanol–water partition coefficient (Wildman–Crippen LogP) is -2.74. The molecule has 0 unspecified atom stereocenters. The van der Waals surface area contributed by atoms with Crippen molar-refractivity contribution in [2.24, 2.45) is 0 Å². The van der Waals surface area contributed by atoms with Crippen molar-refractivity contribution in [2.45, 2.75) is 24.5 Å². The summed E-state index contributed by atoms with van der Waals surface area (Å²) in [5.41, 5.74) is -0.678. The average Bonchev–Trinajstić information content (AvgIpc) is 2.73. The van der Waals surface area contributed by atoms with E-state index in [1.54, 1.807) is 0 Å². The highest BCUT2D eigenvalue weighted by molar-refractivity contribution is 5.31. The summed E-state index contributed by atoms with van der Waals surface area (Å²) in [5.74, 6) is 0.284. The fourth-order valence-electron chi connectivity index (χ4n) is 2.00. The predicted molar refractivity (Wildman–Crippen MR) is 67.1 cm³/mol. The fraction of sp³-hybridized carbons (Fsp3) is 0.636. The van der Waals surface area contributed by atoms with E-state index in [9.17, 15) is 15.0 Å². The molecule has 2 rings (SSSR count). The van der Waals surface area contributed by atoms with Crippen LogP contribution in [0.1, 0.15) is 6.23 Å². The lowest BCUT2D eigenvalue weighted by atomic mass is 10.1. The monoisotopic (exact) mass is 287 g/mol. The summed E-state index contributed by atoms with van der Waals surface area (Å²) >= 11 is 0. The van der Waals surface area contributed by atoms with Gasteiger partial charge in [-0.25, -0.2) is 4.79 Å². The Morgan fingerprint density at radius 1 is 1.35 bits per heavy atom. The molecule has 1 aliphatic rings. The van der Waals surface area contributed by atoms with Crippen LogP contribution >= 0.6 is 0 Å². The Hall–Kier alpha value is -1.52. The first kappa shape index (κ1) is 14.9. The molecule has 9 heteroatoms. The summed E-state index contributed by atoms with van der Waals surface area (Å²) in [4.78, 5) is 15.6. The normalized spacial score (nSPS) is 29.6. The molecule has 0 radical (unpaired) electrons. The first-order chi connectivity index (χ1) is 9.58. The van der Waals surface area contributed by atoms with Gasteiger partial charge in [-0.15, -0.1) is 0 Å². The van der Waals surface area contributed by atoms with E-state index in [0.717, 1.165) is 4.57 Å². The number of hydrogen-bond donors (Lipinski definition) is 5. The third-order valence-corrected chi connectivity index (χ3v) is 3.04. The van der Waals surface area contributed by atoms with Gasteiger partial charge in [-0.3, -0.25) is 4.57 Å². The number of aliphatic hydroxyl groups is 4. The summed E-state index contributed by atoms with van der Waals surface area (Å²) in [6, 6.07) is 1.48. The molecule has 112 valence electrons. The Labute approximate surface area is 114 Å². The van der Waals surface area contributed by atoms with Crippen LogP contribution in [0.25, 0.3) is 0 Å². The van der Waals surface area contributed by atoms with Crippen LogP contribution in [0, 0.1) is 0 Å². The van der Waals surface area contributed by atoms with Gasteiger partial charge < -0.3 is 30.5 Å². The topological polar surface area (TPSA) is 137 Å². The Kier molecular flexibility index (Phi) is 4.68. The molecule has 1 aliphatic heterocycles. The van der Waals surface area contributed by atoms with E-state index in [1.165, 1.54) is 12.3 Å². The maximum Gasteiger partial charge on any atom is 0.351 e. The van der Waals surface area contributed by atoms with E-state index in [0.29, 0.717) is 0 Å². The van der Waals surface area contributed by atoms with Gasteiger partial charge in [-0.2, -0.15) is 4.98 Å². The van der Waals surface area contributed by atoms with Crippen LogP contribution in [0.2, 0.25) is 0 Å². The highest BCUT2D eigenvalue weighted by atomic mass is 16.6. The maximum absolute atomic E-state index is 11.9. The first-order valence-corrected chi connectivity index (χ1v) is 6.15. The van der Waals surface area contributed by atoms with Crippen molar-refractivity contribution < 1.29 is 25.2 Å². The van der Waals surface area contributed by atoms with Crippen LogP contribution in [0.15, 0.2) is 17.1 Å². The van der Waals surface area contributed by atoms with Gasteiger partial charge in [0.15, 0.2) is 6.23 Å². The second-order valence-electron chi connectivity index (χ2n) is 4.38. The standard InChI is InChI=1S/C11H17N3O6/c15-4-2-12-7-1-3-14(11(19)13-7)10-9(18)8(17)6(5-16)20-10/h1,3,6,8-10,15-18H,2,4-5H2,(H,12,13,19)/t6-,8-,9+,10-/m1/s1. The number of aliphatic hydroxyl groups excluding tert-OH is 4. The van der Waals surface area contributed by atoms with E-state index in [2.05, 4.69) is 10.3 Å². The minimum atomic E-state index is -1.33. The summed E-state index contributed by atoms with van der Waals surface area (Å²) in [6.45, 7) is -0.309. The highest BCUT2D eigenvalue weighted by Gasteiger charge is 2.43. The van der Waals surface area contributed by atoms with E-state index in [1.807, 2.05) is 0 Å². The van der Waals surface area contributed by atoms with Crippen LogP contribution in [0.3, 0.4) is 0 Å². The van der Waals surface area contributed by atoms with Gasteiger partial charge in [0.05, 0.1) is 13.2 Å². The van der Waals surface area contributed by atoms with Gasteiger partial charge in [-0.1, -0.05) is 0 Å². The molecule has 4 atom stereocenters. The molecular formula is C11H17N3O6. The summed E-state index contributed by atoms with van der Waals surface area (Å²) in [7, 11) is 0. The zero-order valence-electron chi connectivity index (χ0n) is 10.6. The van der Waals surface area contributed by atoms with Crippen molar-refractivity contribution in [1.82, 2.24) is 9.55 Å². The van der Waals surface area contributed by atoms with Gasteiger partial charge in [0.1, 0.15) is 24.1 Å². The van der Waals surface area contributed by atoms with Crippen molar-refractivity contribution in [3.05, 3.63) is 22.7 Å². The third kappa shape index (κ3) is 2.81. The number of aromatic nitrogens is 2. The van der Waals surface area contributed by atoms with Crippen molar-refractivity contribution in [3.8, 4) is 0 Å². The van der Waals surface area contributed by atoms with Crippen molar-refractivity contribution in [3.63, 3.8) is 0 Å². The molecule has 9 nitrogen and oxygen atoms in total. The van der Waals surface area contributed by atoms with E-state index < -0.39 is 36.8 Å². The maximum atomic E-state index is 11.9. The van der Waals surface area contributed by atoms with E-state index >= 15 is 0 Å². The van der Waals surface area contributed by atoms with E-state index in [-0.39, 0.29) is 19.0 Å². The van der Waals surface area contributed by atoms with Crippen LogP contribution < -0.4 is 11.0 Å². The molecule has 0 saturated carbocycles. The second kappa shape index (κ2) is 6.29. The third-order valence-electron chi connectivity index (χ3n) is 3.04. The SMILES string of the molecule is O=c1nc(NCCO)ccn1[C@@H]1O[C@H](CO)[C@@H](O)[C@@H]1O. The number of rotatable bonds is 5. The summed E-state index contributed by atoms with van der Waals surface area (Å²) in [5, 5.41) is 39.9. The number of ether oxygens (including phenoxy) is 1. The largest absolute Gasteiger partial charge is 0.395 e. The molecule has 0 bridgehead atoms. The van der Waals surface area contributed by atoms with Crippen molar-refractivity contribution in [2.75, 3.05) is 25.1 Å². The molecule has 1 saturated heterocycles. The van der Waals surface area contributed by atoms with Gasteiger partial charge >= 0.3 is 5.69 Å². The molecule has 0 aromatic carbocycles. The Morgan fingerprint density at radius 2 is 2.10 bits per heavy atom. The van der Waals surface area contributed by atoms with Gasteiger partial charge in [0.25, 0.3) is 0 Å². The van der Waals surface area contributed by atoms with Crippen molar-refractivity contribution >= 4 is 5.82 Å². The zero-order valence-corrected chi connectivity index (χ0v) is 10.6. The molecule has 1 fully saturated rings. The average molecular weight is 287 g/mol. The van der Waals surface area contributed by atoms with Crippen LogP contribution in [-0.4, -0.2) is 68.0 Å². The Balaban J connectivity index is 2.19. The molecule has 1 aromatic heterocycles. The molecule has 1 aromatic rings. The molecular weight excluding hydrogens is 270 g/mol. The van der Waals surface area contributed by atoms with Gasteiger partial charge in [0.2, 0.25) is 0 Å². The smallest absolute Gasteiger partial charge is 0.351 e. The number of nitrogens with one attached hydrogen (secondary N) is 1. The lowest BCUT2D eigenvalue weighted by molar-refractivity contribution is -0.0549. The molecule has 5 N–H and O–H groups in total. The quantitative estimate of drug-likeness (QED) is 0.393. The summed E-state index contributed by atoms with van der Waals surface area (Å²) < 4.78 is 6.27. The minimum absolute atomic E-state index is 0.0976. The van der Waals surface area contributed by atoms with E-state index in [4.69, 9.17) is 14.9 Å². The zero-order chi connectivity index (χ0) is 14.7. The molecule has 0 spiro atoms. The second-order valence-corrected chi connectivity index (χ2v) is 4.38. The van der Waals surface area contributed by atoms with Gasteiger partial charge in [-0.05, 0) is 6.07 Å². The Morgan fingerprint density at radius 3 is 2.65 bits per heavy atom. The van der Waals surface area contributed by atoms with Crippen LogP contribution in [-0.2, 0) is 4.74 Å². The molecule has 2 heterocycles. The first-order valence-electron chi connectivity index (χ1n) is 6.15.